The van der Waals surface area contributed by atoms with Crippen molar-refractivity contribution in [2.24, 2.45) is 5.92 Å². The maximum Gasteiger partial charge on any atom is 0.231 e. The van der Waals surface area contributed by atoms with Gasteiger partial charge in [0, 0.05) is 31.6 Å². The molecule has 1 amide bonds. The number of fused-ring (bicyclic) bond motifs is 1. The molecule has 1 aromatic carbocycles. The van der Waals surface area contributed by atoms with Crippen LogP contribution in [0.3, 0.4) is 0 Å². The second kappa shape index (κ2) is 6.51. The number of carbonyl (C=O) groups excluding carboxylic acids is 1. The van der Waals surface area contributed by atoms with Crippen molar-refractivity contribution in [3.63, 3.8) is 0 Å². The van der Waals surface area contributed by atoms with Crippen LogP contribution >= 0.6 is 0 Å². The van der Waals surface area contributed by atoms with Gasteiger partial charge in [-0.3, -0.25) is 4.79 Å². The number of ether oxygens (including phenoxy) is 3. The zero-order valence-corrected chi connectivity index (χ0v) is 14.0. The van der Waals surface area contributed by atoms with Crippen molar-refractivity contribution in [2.75, 3.05) is 27.0 Å². The van der Waals surface area contributed by atoms with Gasteiger partial charge >= 0.3 is 0 Å². The number of nitrogens with one attached hydrogen (secondary N) is 1. The van der Waals surface area contributed by atoms with Gasteiger partial charge in [0.1, 0.15) is 0 Å². The predicted molar refractivity (Wildman–Crippen MR) is 88.3 cm³/mol. The second-order valence-electron chi connectivity index (χ2n) is 6.79. The Morgan fingerprint density at radius 3 is 2.75 bits per heavy atom. The van der Waals surface area contributed by atoms with Gasteiger partial charge in [-0.2, -0.15) is 0 Å². The average Bonchev–Trinajstić information content (AvgIpc) is 3.36. The fraction of sp³-hybridized carbons (Fsp3) is 0.611. The van der Waals surface area contributed by atoms with Crippen molar-refractivity contribution in [2.45, 2.75) is 38.3 Å². The van der Waals surface area contributed by atoms with Crippen LogP contribution in [0, 0.1) is 5.92 Å². The van der Waals surface area contributed by atoms with Crippen LogP contribution in [-0.4, -0.2) is 43.8 Å². The van der Waals surface area contributed by atoms with Crippen LogP contribution in [0.15, 0.2) is 12.1 Å². The van der Waals surface area contributed by atoms with Gasteiger partial charge in [0.25, 0.3) is 0 Å². The molecule has 3 aliphatic rings. The smallest absolute Gasteiger partial charge is 0.231 e. The minimum atomic E-state index is 0.246. The molecule has 6 heteroatoms. The van der Waals surface area contributed by atoms with Crippen molar-refractivity contribution in [1.29, 1.82) is 0 Å². The first-order valence-electron chi connectivity index (χ1n) is 8.73. The molecule has 1 aromatic rings. The van der Waals surface area contributed by atoms with E-state index in [1.165, 1.54) is 0 Å². The Bertz CT molecular complexity index is 622. The third-order valence-electron chi connectivity index (χ3n) is 5.05. The summed E-state index contributed by atoms with van der Waals surface area (Å²) in [5.74, 6) is 2.85. The zero-order valence-electron chi connectivity index (χ0n) is 14.0. The van der Waals surface area contributed by atoms with Crippen LogP contribution in [-0.2, 0) is 11.3 Å². The highest BCUT2D eigenvalue weighted by atomic mass is 16.7. The van der Waals surface area contributed by atoms with Crippen molar-refractivity contribution in [3.05, 3.63) is 17.7 Å². The summed E-state index contributed by atoms with van der Waals surface area (Å²) in [6.45, 7) is 2.75. The molecule has 1 saturated heterocycles. The Morgan fingerprint density at radius 1 is 1.25 bits per heavy atom. The number of amides is 1. The number of hydrogen-bond donors (Lipinski definition) is 1. The van der Waals surface area contributed by atoms with Gasteiger partial charge in [-0.1, -0.05) is 0 Å². The van der Waals surface area contributed by atoms with E-state index >= 15 is 0 Å². The van der Waals surface area contributed by atoms with Gasteiger partial charge < -0.3 is 24.4 Å². The topological polar surface area (TPSA) is 60.0 Å². The third-order valence-corrected chi connectivity index (χ3v) is 5.05. The summed E-state index contributed by atoms with van der Waals surface area (Å²) in [5.41, 5.74) is 1.12. The Kier molecular flexibility index (Phi) is 4.22. The molecule has 2 aliphatic heterocycles. The van der Waals surface area contributed by atoms with E-state index in [0.717, 1.165) is 56.6 Å². The van der Waals surface area contributed by atoms with Crippen LogP contribution in [0.4, 0.5) is 0 Å². The maximum absolute atomic E-state index is 12.1. The third kappa shape index (κ3) is 3.15. The molecular weight excluding hydrogens is 308 g/mol. The summed E-state index contributed by atoms with van der Waals surface area (Å²) < 4.78 is 16.3. The molecule has 1 saturated carbocycles. The highest BCUT2D eigenvalue weighted by Gasteiger charge is 2.34. The molecule has 2 heterocycles. The van der Waals surface area contributed by atoms with Gasteiger partial charge in [-0.15, -0.1) is 0 Å². The lowest BCUT2D eigenvalue weighted by molar-refractivity contribution is -0.133. The van der Waals surface area contributed by atoms with Crippen LogP contribution in [0.5, 0.6) is 17.2 Å². The first kappa shape index (κ1) is 15.6. The van der Waals surface area contributed by atoms with Crippen LogP contribution in [0.25, 0.3) is 0 Å². The standard InChI is InChI=1S/C18H24N2O4/c1-22-15-8-12(9-16-17(15)24-11-23-16)10-19-14-4-6-20(7-5-14)18(21)13-2-3-13/h8-9,13-14,19H,2-7,10-11H2,1H3. The average molecular weight is 332 g/mol. The van der Waals surface area contributed by atoms with Crippen molar-refractivity contribution in [1.82, 2.24) is 10.2 Å². The van der Waals surface area contributed by atoms with E-state index in [1.807, 2.05) is 17.0 Å². The quantitative estimate of drug-likeness (QED) is 0.893. The van der Waals surface area contributed by atoms with E-state index in [0.29, 0.717) is 29.4 Å². The van der Waals surface area contributed by atoms with Crippen molar-refractivity contribution >= 4 is 5.91 Å². The number of likely N-dealkylation sites (tertiary alicyclic amines) is 1. The highest BCUT2D eigenvalue weighted by Crippen LogP contribution is 2.41. The van der Waals surface area contributed by atoms with E-state index in [-0.39, 0.29) is 6.79 Å². The molecule has 2 fully saturated rings. The van der Waals surface area contributed by atoms with Gasteiger partial charge in [0.15, 0.2) is 11.5 Å². The molecule has 1 aliphatic carbocycles. The second-order valence-corrected chi connectivity index (χ2v) is 6.79. The summed E-state index contributed by atoms with van der Waals surface area (Å²) in [6, 6.07) is 4.44. The van der Waals surface area contributed by atoms with Crippen LogP contribution in [0.1, 0.15) is 31.2 Å². The summed E-state index contributed by atoms with van der Waals surface area (Å²) in [5, 5.41) is 3.59. The first-order chi connectivity index (χ1) is 11.7. The number of nitrogens with zero attached hydrogens (tertiary/aromatic N) is 1. The predicted octanol–water partition coefficient (Wildman–Crippen LogP) is 1.91. The van der Waals surface area contributed by atoms with E-state index in [2.05, 4.69) is 5.32 Å². The number of benzene rings is 1. The van der Waals surface area contributed by atoms with Crippen LogP contribution in [0.2, 0.25) is 0 Å². The summed E-state index contributed by atoms with van der Waals surface area (Å²) in [6.07, 6.45) is 4.20. The molecule has 6 nitrogen and oxygen atoms in total. The molecule has 0 spiro atoms. The molecule has 0 bridgehead atoms. The Labute approximate surface area is 142 Å². The minimum absolute atomic E-state index is 0.246. The van der Waals surface area contributed by atoms with E-state index in [1.54, 1.807) is 7.11 Å². The summed E-state index contributed by atoms with van der Waals surface area (Å²) >= 11 is 0. The number of rotatable bonds is 5. The monoisotopic (exact) mass is 332 g/mol. The Morgan fingerprint density at radius 2 is 2.04 bits per heavy atom. The van der Waals surface area contributed by atoms with Gasteiger partial charge in [-0.05, 0) is 43.4 Å². The molecule has 4 rings (SSSR count). The lowest BCUT2D eigenvalue weighted by Gasteiger charge is -2.32. The molecular formula is C18H24N2O4. The lowest BCUT2D eigenvalue weighted by Crippen LogP contribution is -2.45. The molecule has 0 unspecified atom stereocenters. The molecule has 0 radical (unpaired) electrons. The SMILES string of the molecule is COc1cc(CNC2CCN(C(=O)C3CC3)CC2)cc2c1OCO2. The van der Waals surface area contributed by atoms with Gasteiger partial charge in [0.2, 0.25) is 18.4 Å². The number of hydrogen-bond acceptors (Lipinski definition) is 5. The molecule has 0 aromatic heterocycles. The molecule has 130 valence electrons. The minimum Gasteiger partial charge on any atom is -0.493 e. The fourth-order valence-electron chi connectivity index (χ4n) is 3.44. The lowest BCUT2D eigenvalue weighted by atomic mass is 10.0. The van der Waals surface area contributed by atoms with E-state index in [4.69, 9.17) is 14.2 Å². The van der Waals surface area contributed by atoms with Crippen molar-refractivity contribution in [3.8, 4) is 17.2 Å². The molecule has 0 atom stereocenters. The van der Waals surface area contributed by atoms with E-state index in [9.17, 15) is 4.79 Å². The number of methoxy groups -OCH3 is 1. The maximum atomic E-state index is 12.1. The number of piperidine rings is 1. The largest absolute Gasteiger partial charge is 0.493 e. The molecule has 1 N–H and O–H groups in total. The highest BCUT2D eigenvalue weighted by molar-refractivity contribution is 5.81. The Hall–Kier alpha value is -1.95. The summed E-state index contributed by atoms with van der Waals surface area (Å²) in [4.78, 5) is 14.1. The van der Waals surface area contributed by atoms with Gasteiger partial charge in [0.05, 0.1) is 7.11 Å². The normalized spacial score (nSPS) is 20.3. The number of carbonyl (C=O) groups is 1. The Balaban J connectivity index is 1.31. The molecule has 24 heavy (non-hydrogen) atoms. The van der Waals surface area contributed by atoms with E-state index < -0.39 is 0 Å². The van der Waals surface area contributed by atoms with Gasteiger partial charge in [-0.25, -0.2) is 0 Å². The van der Waals surface area contributed by atoms with Crippen LogP contribution < -0.4 is 19.5 Å². The van der Waals surface area contributed by atoms with Crippen molar-refractivity contribution < 1.29 is 19.0 Å². The first-order valence-corrected chi connectivity index (χ1v) is 8.73. The fourth-order valence-corrected chi connectivity index (χ4v) is 3.44. The zero-order chi connectivity index (χ0) is 16.5. The summed E-state index contributed by atoms with van der Waals surface area (Å²) in [7, 11) is 1.64.